The Bertz CT molecular complexity index is 1130. The van der Waals surface area contributed by atoms with Crippen LogP contribution in [0, 0.1) is 5.82 Å². The highest BCUT2D eigenvalue weighted by Gasteiger charge is 2.15. The van der Waals surface area contributed by atoms with E-state index in [1.54, 1.807) is 38.1 Å². The van der Waals surface area contributed by atoms with Gasteiger partial charge < -0.3 is 9.67 Å². The Hall–Kier alpha value is -2.68. The van der Waals surface area contributed by atoms with Crippen molar-refractivity contribution in [2.45, 2.75) is 6.54 Å². The molecule has 0 atom stereocenters. The van der Waals surface area contributed by atoms with Gasteiger partial charge in [-0.3, -0.25) is 0 Å². The van der Waals surface area contributed by atoms with Crippen LogP contribution < -0.4 is 0 Å². The van der Waals surface area contributed by atoms with Crippen molar-refractivity contribution in [1.82, 2.24) is 12.6 Å². The Morgan fingerprint density at radius 2 is 1.96 bits per heavy atom. The predicted octanol–water partition coefficient (Wildman–Crippen LogP) is 4.59. The number of carboxylic acids is 1. The van der Waals surface area contributed by atoms with Crippen LogP contribution in [-0.4, -0.2) is 23.6 Å². The van der Waals surface area contributed by atoms with Crippen molar-refractivity contribution in [1.29, 1.82) is 0 Å². The minimum absolute atomic E-state index is 0.215. The zero-order valence-corrected chi connectivity index (χ0v) is 15.6. The summed E-state index contributed by atoms with van der Waals surface area (Å²) in [7, 11) is 0. The van der Waals surface area contributed by atoms with E-state index in [0.29, 0.717) is 10.9 Å². The Kier molecular flexibility index (Phi) is 4.23. The molecule has 0 aliphatic carbocycles. The van der Waals surface area contributed by atoms with Crippen LogP contribution in [0.3, 0.4) is 0 Å². The summed E-state index contributed by atoms with van der Waals surface area (Å²) in [5.41, 5.74) is 3.06. The van der Waals surface area contributed by atoms with E-state index in [0.717, 1.165) is 16.6 Å². The highest BCUT2D eigenvalue weighted by Crippen LogP contribution is 2.25. The minimum Gasteiger partial charge on any atom is -0.478 e. The average Bonchev–Trinajstić information content (AvgIpc) is 3.21. The fourth-order valence-electron chi connectivity index (χ4n) is 3.03. The summed E-state index contributed by atoms with van der Waals surface area (Å²) < 4.78 is 18.0. The van der Waals surface area contributed by atoms with Crippen molar-refractivity contribution in [3.05, 3.63) is 78.0 Å². The van der Waals surface area contributed by atoms with Gasteiger partial charge in [-0.1, -0.05) is 30.3 Å². The van der Waals surface area contributed by atoms with E-state index < -0.39 is 5.97 Å². The van der Waals surface area contributed by atoms with Gasteiger partial charge in [-0.25, -0.2) is 12.1 Å². The Morgan fingerprint density at radius 3 is 2.65 bits per heavy atom. The molecule has 2 aromatic heterocycles. The fraction of sp³-hybridized carbons (Fsp3) is 0.0526. The van der Waals surface area contributed by atoms with Gasteiger partial charge in [-0.2, -0.15) is 5.10 Å². The topological polar surface area (TPSA) is 60.0 Å². The van der Waals surface area contributed by atoms with Gasteiger partial charge in [-0.15, -0.1) is 0 Å². The van der Waals surface area contributed by atoms with Gasteiger partial charge in [0, 0.05) is 34.4 Å². The number of rotatable bonds is 4. The van der Waals surface area contributed by atoms with E-state index in [1.807, 2.05) is 47.3 Å². The van der Waals surface area contributed by atoms with Gasteiger partial charge in [0.25, 0.3) is 0 Å². The number of carboxylic acid groups (broad SMARTS) is 1. The third-order valence-corrected chi connectivity index (χ3v) is 4.83. The molecule has 5 nitrogen and oxygen atoms in total. The van der Waals surface area contributed by atoms with Gasteiger partial charge in [-0.05, 0) is 17.7 Å². The second-order valence-corrected chi connectivity index (χ2v) is 6.91. The molecule has 4 aromatic rings. The first-order chi connectivity index (χ1) is 12.5. The molecule has 2 heterocycles. The average molecular weight is 461 g/mol. The molecule has 0 unspecified atom stereocenters. The van der Waals surface area contributed by atoms with E-state index in [4.69, 9.17) is 0 Å². The van der Waals surface area contributed by atoms with Crippen molar-refractivity contribution < 1.29 is 14.3 Å². The maximum absolute atomic E-state index is 14.6. The van der Waals surface area contributed by atoms with Crippen molar-refractivity contribution in [2.24, 2.45) is 0 Å². The molecular weight excluding hydrogens is 448 g/mol. The zero-order valence-electron chi connectivity index (χ0n) is 13.4. The number of aromatic nitrogens is 3. The van der Waals surface area contributed by atoms with E-state index in [2.05, 4.69) is 5.10 Å². The molecule has 26 heavy (non-hydrogen) atoms. The number of halogens is 2. The van der Waals surface area contributed by atoms with Gasteiger partial charge in [0.15, 0.2) is 0 Å². The van der Waals surface area contributed by atoms with Crippen LogP contribution >= 0.6 is 22.9 Å². The van der Waals surface area contributed by atoms with Crippen LogP contribution in [-0.2, 0) is 6.54 Å². The summed E-state index contributed by atoms with van der Waals surface area (Å²) in [4.78, 5) is 11.5. The molecule has 4 rings (SSSR count). The molecule has 0 aliphatic rings. The van der Waals surface area contributed by atoms with Gasteiger partial charge in [0.2, 0.25) is 0 Å². The second kappa shape index (κ2) is 6.56. The quantitative estimate of drug-likeness (QED) is 0.453. The minimum atomic E-state index is -0.994. The maximum atomic E-state index is 14.6. The summed E-state index contributed by atoms with van der Waals surface area (Å²) in [6.07, 6.45) is 5.05. The lowest BCUT2D eigenvalue weighted by Crippen LogP contribution is -2.01. The molecule has 0 fully saturated rings. The predicted molar refractivity (Wildman–Crippen MR) is 105 cm³/mol. The molecule has 1 N–H and O–H groups in total. The third kappa shape index (κ3) is 2.98. The van der Waals surface area contributed by atoms with Gasteiger partial charge >= 0.3 is 5.97 Å². The molecule has 7 heteroatoms. The normalized spacial score (nSPS) is 11.2. The number of para-hydroxylation sites is 1. The molecule has 0 radical (unpaired) electrons. The number of hydrogen-bond acceptors (Lipinski definition) is 2. The first-order valence-electron chi connectivity index (χ1n) is 7.84. The zero-order chi connectivity index (χ0) is 18.3. The Labute approximate surface area is 162 Å². The molecule has 0 spiro atoms. The summed E-state index contributed by atoms with van der Waals surface area (Å²) in [6, 6.07) is 12.3. The molecule has 0 saturated heterocycles. The highest BCUT2D eigenvalue weighted by atomic mass is 127. The van der Waals surface area contributed by atoms with Crippen LogP contribution in [0.25, 0.3) is 22.0 Å². The summed E-state index contributed by atoms with van der Waals surface area (Å²) in [5.74, 6) is -1.33. The van der Waals surface area contributed by atoms with E-state index in [1.165, 1.54) is 6.07 Å². The number of fused-ring (bicyclic) bond motifs is 1. The number of aromatic carboxylic acids is 1. The molecule has 0 aliphatic heterocycles. The highest BCUT2D eigenvalue weighted by molar-refractivity contribution is 14.1. The molecular formula is C19H13FIN3O2. The molecule has 0 amide bonds. The standard InChI is InChI=1S/C19H13FIN3O2/c20-17-7-12(14-8-22-24(21)10-14)5-6-13(17)9-23-11-16(19(25)26)15-3-1-2-4-18(15)23/h1-8,10-11H,9H2,(H,25,26). The van der Waals surface area contributed by atoms with Crippen LogP contribution in [0.15, 0.2) is 61.1 Å². The third-order valence-electron chi connectivity index (χ3n) is 4.30. The first-order valence-corrected chi connectivity index (χ1v) is 8.80. The van der Waals surface area contributed by atoms with Gasteiger partial charge in [0.05, 0.1) is 41.2 Å². The maximum Gasteiger partial charge on any atom is 0.337 e. The van der Waals surface area contributed by atoms with Crippen LogP contribution in [0.5, 0.6) is 0 Å². The Morgan fingerprint density at radius 1 is 1.15 bits per heavy atom. The van der Waals surface area contributed by atoms with Crippen molar-refractivity contribution in [2.75, 3.05) is 0 Å². The number of hydrogen-bond donors (Lipinski definition) is 1. The van der Waals surface area contributed by atoms with E-state index in [-0.39, 0.29) is 17.9 Å². The lowest BCUT2D eigenvalue weighted by Gasteiger charge is -2.08. The van der Waals surface area contributed by atoms with E-state index >= 15 is 0 Å². The smallest absolute Gasteiger partial charge is 0.337 e. The summed E-state index contributed by atoms with van der Waals surface area (Å²) in [6.45, 7) is 0.255. The van der Waals surface area contributed by atoms with Crippen LogP contribution in [0.1, 0.15) is 15.9 Å². The largest absolute Gasteiger partial charge is 0.478 e. The molecule has 0 bridgehead atoms. The Balaban J connectivity index is 1.72. The fourth-order valence-corrected chi connectivity index (χ4v) is 3.46. The molecule has 130 valence electrons. The summed E-state index contributed by atoms with van der Waals surface area (Å²) in [5, 5.41) is 14.1. The molecule has 0 saturated carbocycles. The number of benzene rings is 2. The summed E-state index contributed by atoms with van der Waals surface area (Å²) >= 11 is 2.03. The number of nitrogens with zero attached hydrogens (tertiary/aromatic N) is 3. The number of carbonyl (C=O) groups is 1. The van der Waals surface area contributed by atoms with Crippen molar-refractivity contribution in [3.8, 4) is 11.1 Å². The van der Waals surface area contributed by atoms with Crippen molar-refractivity contribution >= 4 is 39.7 Å². The lowest BCUT2D eigenvalue weighted by atomic mass is 10.1. The second-order valence-electron chi connectivity index (χ2n) is 5.92. The van der Waals surface area contributed by atoms with Crippen LogP contribution in [0.2, 0.25) is 0 Å². The van der Waals surface area contributed by atoms with Gasteiger partial charge in [0.1, 0.15) is 5.82 Å². The SMILES string of the molecule is O=C(O)c1cn(Cc2ccc(-c3cnn(I)c3)cc2F)c2ccccc12. The monoisotopic (exact) mass is 461 g/mol. The molecule has 2 aromatic carbocycles. The lowest BCUT2D eigenvalue weighted by molar-refractivity contribution is 0.0699. The van der Waals surface area contributed by atoms with E-state index in [9.17, 15) is 14.3 Å². The first kappa shape index (κ1) is 16.8. The van der Waals surface area contributed by atoms with Crippen molar-refractivity contribution in [3.63, 3.8) is 0 Å². The van der Waals surface area contributed by atoms with Crippen LogP contribution in [0.4, 0.5) is 4.39 Å².